The van der Waals surface area contributed by atoms with E-state index in [1.807, 2.05) is 0 Å². The molecular formula is C19H17N5O7S3. The van der Waals surface area contributed by atoms with Gasteiger partial charge in [-0.2, -0.15) is 0 Å². The van der Waals surface area contributed by atoms with Gasteiger partial charge in [-0.3, -0.25) is 29.3 Å². The molecule has 0 aliphatic carbocycles. The van der Waals surface area contributed by atoms with Crippen molar-refractivity contribution in [2.45, 2.75) is 9.24 Å². The van der Waals surface area contributed by atoms with Crippen molar-refractivity contribution in [2.75, 3.05) is 29.0 Å². The topological polar surface area (TPSA) is 162 Å². The number of carbonyl (C=O) groups is 2. The zero-order chi connectivity index (χ0) is 24.7. The monoisotopic (exact) mass is 523 g/mol. The number of nitrogens with one attached hydrogen (secondary N) is 1. The number of carbonyl (C=O) groups excluding carboxylic acids is 2. The minimum absolute atomic E-state index is 0.00889. The first-order valence-corrected chi connectivity index (χ1v) is 12.6. The Morgan fingerprint density at radius 3 is 2.59 bits per heavy atom. The molecular weight excluding hydrogens is 506 g/mol. The number of nitrogens with zero attached hydrogens (tertiary/aromatic N) is 4. The van der Waals surface area contributed by atoms with E-state index in [1.165, 1.54) is 49.6 Å². The van der Waals surface area contributed by atoms with Crippen LogP contribution in [0.4, 0.5) is 16.5 Å². The molecule has 0 saturated heterocycles. The fourth-order valence-corrected chi connectivity index (χ4v) is 5.62. The van der Waals surface area contributed by atoms with Gasteiger partial charge in [0.1, 0.15) is 6.54 Å². The van der Waals surface area contributed by atoms with Gasteiger partial charge >= 0.3 is 5.97 Å². The molecule has 3 rings (SSSR count). The van der Waals surface area contributed by atoms with Crippen LogP contribution >= 0.6 is 23.1 Å². The van der Waals surface area contributed by atoms with Crippen molar-refractivity contribution in [1.29, 1.82) is 0 Å². The molecule has 12 nitrogen and oxygen atoms in total. The second kappa shape index (κ2) is 11.0. The van der Waals surface area contributed by atoms with E-state index in [1.54, 1.807) is 6.07 Å². The summed E-state index contributed by atoms with van der Waals surface area (Å²) in [6, 6.07) is 12.4. The first-order valence-electron chi connectivity index (χ1n) is 9.36. The van der Waals surface area contributed by atoms with E-state index in [4.69, 9.17) is 0 Å². The molecule has 0 radical (unpaired) electrons. The van der Waals surface area contributed by atoms with Crippen LogP contribution in [-0.2, 0) is 24.3 Å². The number of nitro benzene ring substituents is 1. The Labute approximate surface area is 202 Å². The van der Waals surface area contributed by atoms with E-state index in [2.05, 4.69) is 20.3 Å². The van der Waals surface area contributed by atoms with Crippen LogP contribution in [0.15, 0.2) is 63.8 Å². The number of sulfonamides is 1. The molecule has 3 aromatic rings. The second-order valence-electron chi connectivity index (χ2n) is 6.39. The van der Waals surface area contributed by atoms with Crippen LogP contribution in [0.25, 0.3) is 0 Å². The molecule has 0 fully saturated rings. The second-order valence-corrected chi connectivity index (χ2v) is 10.5. The van der Waals surface area contributed by atoms with Crippen LogP contribution < -0.4 is 9.62 Å². The third kappa shape index (κ3) is 6.27. The number of aromatic nitrogens is 2. The molecule has 0 saturated carbocycles. The third-order valence-corrected chi connectivity index (χ3v) is 7.87. The Morgan fingerprint density at radius 2 is 1.91 bits per heavy atom. The first-order chi connectivity index (χ1) is 16.2. The Kier molecular flexibility index (Phi) is 8.14. The minimum Gasteiger partial charge on any atom is -0.468 e. The van der Waals surface area contributed by atoms with Crippen LogP contribution in [0, 0.1) is 10.1 Å². The summed E-state index contributed by atoms with van der Waals surface area (Å²) in [4.78, 5) is 34.4. The molecule has 34 heavy (non-hydrogen) atoms. The number of hydrogen-bond donors (Lipinski definition) is 1. The van der Waals surface area contributed by atoms with Crippen LogP contribution in [0.1, 0.15) is 0 Å². The van der Waals surface area contributed by atoms with Crippen LogP contribution in [-0.4, -0.2) is 54.8 Å². The van der Waals surface area contributed by atoms with Crippen LogP contribution in [0.2, 0.25) is 0 Å². The lowest BCUT2D eigenvalue weighted by Gasteiger charge is -2.23. The third-order valence-electron chi connectivity index (χ3n) is 4.14. The van der Waals surface area contributed by atoms with Gasteiger partial charge in [0.15, 0.2) is 4.34 Å². The quantitative estimate of drug-likeness (QED) is 0.137. The minimum atomic E-state index is -4.24. The van der Waals surface area contributed by atoms with Gasteiger partial charge in [-0.15, -0.1) is 10.2 Å². The Balaban J connectivity index is 1.84. The van der Waals surface area contributed by atoms with Crippen molar-refractivity contribution < 1.29 is 27.7 Å². The lowest BCUT2D eigenvalue weighted by molar-refractivity contribution is -0.384. The number of ether oxygens (including phenoxy) is 1. The predicted octanol–water partition coefficient (Wildman–Crippen LogP) is 2.55. The van der Waals surface area contributed by atoms with Crippen molar-refractivity contribution >= 4 is 61.5 Å². The van der Waals surface area contributed by atoms with Gasteiger partial charge in [-0.1, -0.05) is 47.4 Å². The van der Waals surface area contributed by atoms with Crippen molar-refractivity contribution in [3.63, 3.8) is 0 Å². The predicted molar refractivity (Wildman–Crippen MR) is 125 cm³/mol. The van der Waals surface area contributed by atoms with Gasteiger partial charge < -0.3 is 4.74 Å². The summed E-state index contributed by atoms with van der Waals surface area (Å²) < 4.78 is 32.3. The molecule has 178 valence electrons. The zero-order valence-electron chi connectivity index (χ0n) is 17.5. The van der Waals surface area contributed by atoms with Crippen molar-refractivity contribution in [3.8, 4) is 0 Å². The SMILES string of the molecule is COC(=O)CSc1nnc(NC(=O)CN(c2cccc([N+](=O)[O-])c2)S(=O)(=O)c2ccccc2)s1. The zero-order valence-corrected chi connectivity index (χ0v) is 19.9. The van der Waals surface area contributed by atoms with E-state index in [0.717, 1.165) is 33.5 Å². The summed E-state index contributed by atoms with van der Waals surface area (Å²) in [5, 5.41) is 21.4. The summed E-state index contributed by atoms with van der Waals surface area (Å²) in [6.45, 7) is -0.678. The highest BCUT2D eigenvalue weighted by Crippen LogP contribution is 2.28. The number of anilines is 2. The maximum absolute atomic E-state index is 13.3. The fraction of sp³-hybridized carbons (Fsp3) is 0.158. The maximum atomic E-state index is 13.3. The summed E-state index contributed by atoms with van der Waals surface area (Å²) in [5.41, 5.74) is -0.387. The molecule has 1 amide bonds. The standard InChI is InChI=1S/C19H17N5O7S3/c1-31-17(26)12-32-19-22-21-18(33-19)20-16(25)11-23(13-6-5-7-14(10-13)24(27)28)34(29,30)15-8-3-2-4-9-15/h2-10H,11-12H2,1H3,(H,20,21,25). The molecule has 1 heterocycles. The number of thioether (sulfide) groups is 1. The lowest BCUT2D eigenvalue weighted by atomic mass is 10.3. The largest absolute Gasteiger partial charge is 0.468 e. The molecule has 0 atom stereocenters. The summed E-state index contributed by atoms with van der Waals surface area (Å²) in [5.74, 6) is -1.19. The first kappa shape index (κ1) is 25.1. The van der Waals surface area contributed by atoms with E-state index in [-0.39, 0.29) is 27.2 Å². The van der Waals surface area contributed by atoms with Crippen LogP contribution in [0.5, 0.6) is 0 Å². The molecule has 0 aliphatic rings. The lowest BCUT2D eigenvalue weighted by Crippen LogP contribution is -2.38. The summed E-state index contributed by atoms with van der Waals surface area (Å²) >= 11 is 2.06. The van der Waals surface area contributed by atoms with Gasteiger partial charge in [-0.05, 0) is 18.2 Å². The van der Waals surface area contributed by atoms with E-state index in [9.17, 15) is 28.1 Å². The Hall–Kier alpha value is -3.56. The van der Waals surface area contributed by atoms with Gasteiger partial charge in [0.25, 0.3) is 15.7 Å². The molecule has 15 heteroatoms. The van der Waals surface area contributed by atoms with Gasteiger partial charge in [0.2, 0.25) is 11.0 Å². The van der Waals surface area contributed by atoms with Crippen molar-refractivity contribution in [1.82, 2.24) is 10.2 Å². The summed E-state index contributed by atoms with van der Waals surface area (Å²) in [6.07, 6.45) is 0. The fourth-order valence-electron chi connectivity index (χ4n) is 2.58. The number of rotatable bonds is 10. The molecule has 0 unspecified atom stereocenters. The molecule has 1 N–H and O–H groups in total. The smallest absolute Gasteiger partial charge is 0.316 e. The number of hydrogen-bond acceptors (Lipinski definition) is 11. The van der Waals surface area contributed by atoms with Gasteiger partial charge in [-0.25, -0.2) is 8.42 Å². The van der Waals surface area contributed by atoms with Gasteiger partial charge in [0, 0.05) is 12.1 Å². The number of benzene rings is 2. The van der Waals surface area contributed by atoms with Crippen molar-refractivity contribution in [3.05, 3.63) is 64.7 Å². The number of esters is 1. The summed E-state index contributed by atoms with van der Waals surface area (Å²) in [7, 11) is -2.98. The maximum Gasteiger partial charge on any atom is 0.316 e. The van der Waals surface area contributed by atoms with Gasteiger partial charge in [0.05, 0.1) is 28.4 Å². The van der Waals surface area contributed by atoms with Crippen LogP contribution in [0.3, 0.4) is 0 Å². The number of amides is 1. The average molecular weight is 524 g/mol. The molecule has 0 bridgehead atoms. The molecule has 0 spiro atoms. The molecule has 0 aliphatic heterocycles. The molecule has 1 aromatic heterocycles. The number of nitro groups is 1. The van der Waals surface area contributed by atoms with E-state index in [0.29, 0.717) is 4.34 Å². The van der Waals surface area contributed by atoms with E-state index >= 15 is 0 Å². The highest BCUT2D eigenvalue weighted by molar-refractivity contribution is 8.01. The Morgan fingerprint density at radius 1 is 1.18 bits per heavy atom. The Bertz CT molecular complexity index is 1300. The highest BCUT2D eigenvalue weighted by Gasteiger charge is 2.28. The van der Waals surface area contributed by atoms with Crippen molar-refractivity contribution in [2.24, 2.45) is 0 Å². The highest BCUT2D eigenvalue weighted by atomic mass is 32.2. The van der Waals surface area contributed by atoms with E-state index < -0.39 is 33.4 Å². The number of non-ortho nitro benzene ring substituents is 1. The number of methoxy groups -OCH3 is 1. The normalized spacial score (nSPS) is 11.0. The molecule has 2 aromatic carbocycles. The average Bonchev–Trinajstić information content (AvgIpc) is 3.28.